The van der Waals surface area contributed by atoms with E-state index >= 15 is 0 Å². The maximum atomic E-state index is 11.2. The molecule has 0 unspecified atom stereocenters. The van der Waals surface area contributed by atoms with Crippen molar-refractivity contribution < 1.29 is 9.90 Å². The van der Waals surface area contributed by atoms with E-state index in [4.69, 9.17) is 0 Å². The van der Waals surface area contributed by atoms with Crippen LogP contribution in [0.4, 0.5) is 5.69 Å². The highest BCUT2D eigenvalue weighted by Gasteiger charge is 2.19. The predicted octanol–water partition coefficient (Wildman–Crippen LogP) is 2.98. The Bertz CT molecular complexity index is 468. The lowest BCUT2D eigenvalue weighted by Crippen LogP contribution is -2.33. The molecule has 0 atom stereocenters. The number of carbonyl (C=O) groups is 1. The molecule has 1 fully saturated rings. The Morgan fingerprint density at radius 1 is 1.40 bits per heavy atom. The third kappa shape index (κ3) is 3.73. The molecule has 0 aromatic heterocycles. The van der Waals surface area contributed by atoms with Gasteiger partial charge in [-0.1, -0.05) is 24.5 Å². The van der Waals surface area contributed by atoms with Crippen LogP contribution in [-0.2, 0) is 0 Å². The van der Waals surface area contributed by atoms with Crippen molar-refractivity contribution >= 4 is 11.7 Å². The molecule has 0 saturated heterocycles. The predicted molar refractivity (Wildman–Crippen MR) is 81.5 cm³/mol. The van der Waals surface area contributed by atoms with E-state index in [2.05, 4.69) is 17.3 Å². The van der Waals surface area contributed by atoms with Gasteiger partial charge in [0.15, 0.2) is 0 Å². The van der Waals surface area contributed by atoms with Crippen molar-refractivity contribution in [3.63, 3.8) is 0 Å². The van der Waals surface area contributed by atoms with Crippen LogP contribution in [0.25, 0.3) is 0 Å². The van der Waals surface area contributed by atoms with Gasteiger partial charge in [0.1, 0.15) is 0 Å². The highest BCUT2D eigenvalue weighted by molar-refractivity contribution is 5.94. The molecule has 4 nitrogen and oxygen atoms in total. The number of hydrogen-bond acceptors (Lipinski definition) is 3. The van der Waals surface area contributed by atoms with Crippen LogP contribution in [0.1, 0.15) is 41.6 Å². The SMILES string of the molecule is Cc1ccc(NCCN(C)C2CCCC2)c(C(=O)O)c1. The Balaban J connectivity index is 1.89. The summed E-state index contributed by atoms with van der Waals surface area (Å²) < 4.78 is 0. The number of likely N-dealkylation sites (N-methyl/N-ethyl adjacent to an activating group) is 1. The number of benzene rings is 1. The number of aryl methyl sites for hydroxylation is 1. The van der Waals surface area contributed by atoms with Crippen molar-refractivity contribution in [2.75, 3.05) is 25.5 Å². The molecular weight excluding hydrogens is 252 g/mol. The summed E-state index contributed by atoms with van der Waals surface area (Å²) in [5.41, 5.74) is 2.03. The Morgan fingerprint density at radius 3 is 2.75 bits per heavy atom. The van der Waals surface area contributed by atoms with E-state index in [1.807, 2.05) is 19.1 Å². The van der Waals surface area contributed by atoms with E-state index in [9.17, 15) is 9.90 Å². The van der Waals surface area contributed by atoms with Gasteiger partial charge in [0.25, 0.3) is 0 Å². The molecule has 1 aliphatic rings. The first-order valence-corrected chi connectivity index (χ1v) is 7.36. The summed E-state index contributed by atoms with van der Waals surface area (Å²) in [5.74, 6) is -0.875. The lowest BCUT2D eigenvalue weighted by molar-refractivity contribution is 0.0698. The maximum Gasteiger partial charge on any atom is 0.337 e. The lowest BCUT2D eigenvalue weighted by atomic mass is 10.1. The van der Waals surface area contributed by atoms with E-state index in [-0.39, 0.29) is 0 Å². The molecule has 1 aromatic rings. The second-order valence-corrected chi connectivity index (χ2v) is 5.70. The largest absolute Gasteiger partial charge is 0.478 e. The summed E-state index contributed by atoms with van der Waals surface area (Å²) in [7, 11) is 2.16. The van der Waals surface area contributed by atoms with Crippen molar-refractivity contribution in [1.29, 1.82) is 0 Å². The fourth-order valence-electron chi connectivity index (χ4n) is 2.88. The molecule has 1 aliphatic carbocycles. The number of nitrogens with zero attached hydrogens (tertiary/aromatic N) is 1. The third-order valence-electron chi connectivity index (χ3n) is 4.13. The summed E-state index contributed by atoms with van der Waals surface area (Å²) in [4.78, 5) is 13.6. The van der Waals surface area contributed by atoms with Gasteiger partial charge in [-0.05, 0) is 38.9 Å². The number of nitrogens with one attached hydrogen (secondary N) is 1. The first-order chi connectivity index (χ1) is 9.58. The van der Waals surface area contributed by atoms with Crippen LogP contribution in [0.5, 0.6) is 0 Å². The minimum Gasteiger partial charge on any atom is -0.478 e. The average Bonchev–Trinajstić information content (AvgIpc) is 2.94. The van der Waals surface area contributed by atoms with E-state index in [1.54, 1.807) is 6.07 Å². The zero-order valence-electron chi connectivity index (χ0n) is 12.4. The zero-order chi connectivity index (χ0) is 14.5. The van der Waals surface area contributed by atoms with E-state index in [0.29, 0.717) is 17.3 Å². The van der Waals surface area contributed by atoms with Crippen molar-refractivity contribution in [3.8, 4) is 0 Å². The van der Waals surface area contributed by atoms with Crippen molar-refractivity contribution in [3.05, 3.63) is 29.3 Å². The van der Waals surface area contributed by atoms with E-state index < -0.39 is 5.97 Å². The Labute approximate surface area is 120 Å². The third-order valence-corrected chi connectivity index (χ3v) is 4.13. The second-order valence-electron chi connectivity index (χ2n) is 5.70. The fourth-order valence-corrected chi connectivity index (χ4v) is 2.88. The molecule has 1 saturated carbocycles. The van der Waals surface area contributed by atoms with Crippen LogP contribution < -0.4 is 5.32 Å². The lowest BCUT2D eigenvalue weighted by Gasteiger charge is -2.24. The molecule has 2 N–H and O–H groups in total. The van der Waals surface area contributed by atoms with Gasteiger partial charge in [0.2, 0.25) is 0 Å². The number of hydrogen-bond donors (Lipinski definition) is 2. The van der Waals surface area contributed by atoms with E-state index in [0.717, 1.165) is 18.7 Å². The topological polar surface area (TPSA) is 52.6 Å². The van der Waals surface area contributed by atoms with Crippen molar-refractivity contribution in [2.45, 2.75) is 38.6 Å². The summed E-state index contributed by atoms with van der Waals surface area (Å²) in [6.45, 7) is 3.62. The van der Waals surface area contributed by atoms with Crippen LogP contribution in [0.3, 0.4) is 0 Å². The Kier molecular flexibility index (Phi) is 5.01. The van der Waals surface area contributed by atoms with Gasteiger partial charge in [0, 0.05) is 24.8 Å². The molecular formula is C16H24N2O2. The molecule has 0 heterocycles. The summed E-state index contributed by atoms with van der Waals surface area (Å²) >= 11 is 0. The second kappa shape index (κ2) is 6.75. The first kappa shape index (κ1) is 14.9. The standard InChI is InChI=1S/C16H24N2O2/c1-12-7-8-15(14(11-12)16(19)20)17-9-10-18(2)13-5-3-4-6-13/h7-8,11,13,17H,3-6,9-10H2,1-2H3,(H,19,20). The van der Waals surface area contributed by atoms with Crippen molar-refractivity contribution in [1.82, 2.24) is 4.90 Å². The van der Waals surface area contributed by atoms with Crippen LogP contribution >= 0.6 is 0 Å². The fraction of sp³-hybridized carbons (Fsp3) is 0.562. The maximum absolute atomic E-state index is 11.2. The smallest absolute Gasteiger partial charge is 0.337 e. The minimum atomic E-state index is -0.875. The molecule has 0 bridgehead atoms. The monoisotopic (exact) mass is 276 g/mol. The minimum absolute atomic E-state index is 0.355. The van der Waals surface area contributed by atoms with Gasteiger partial charge in [0.05, 0.1) is 5.56 Å². The summed E-state index contributed by atoms with van der Waals surface area (Å²) in [6.07, 6.45) is 5.26. The molecule has 0 spiro atoms. The molecule has 0 aliphatic heterocycles. The molecule has 20 heavy (non-hydrogen) atoms. The first-order valence-electron chi connectivity index (χ1n) is 7.36. The highest BCUT2D eigenvalue weighted by Crippen LogP contribution is 2.22. The van der Waals surface area contributed by atoms with Crippen molar-refractivity contribution in [2.24, 2.45) is 0 Å². The molecule has 0 amide bonds. The zero-order valence-corrected chi connectivity index (χ0v) is 12.4. The van der Waals surface area contributed by atoms with Gasteiger partial charge >= 0.3 is 5.97 Å². The normalized spacial score (nSPS) is 15.8. The Hall–Kier alpha value is -1.55. The highest BCUT2D eigenvalue weighted by atomic mass is 16.4. The molecule has 4 heteroatoms. The molecule has 110 valence electrons. The number of anilines is 1. The van der Waals surface area contributed by atoms with Gasteiger partial charge in [-0.3, -0.25) is 0 Å². The van der Waals surface area contributed by atoms with Crippen LogP contribution in [0, 0.1) is 6.92 Å². The average molecular weight is 276 g/mol. The van der Waals surface area contributed by atoms with Gasteiger partial charge in [-0.25, -0.2) is 4.79 Å². The van der Waals surface area contributed by atoms with Gasteiger partial charge in [-0.15, -0.1) is 0 Å². The number of rotatable bonds is 6. The van der Waals surface area contributed by atoms with Gasteiger partial charge < -0.3 is 15.3 Å². The number of aromatic carboxylic acids is 1. The number of carboxylic acids is 1. The van der Waals surface area contributed by atoms with E-state index in [1.165, 1.54) is 25.7 Å². The molecule has 0 radical (unpaired) electrons. The van der Waals surface area contributed by atoms with Crippen LogP contribution in [0.2, 0.25) is 0 Å². The molecule has 1 aromatic carbocycles. The Morgan fingerprint density at radius 2 is 2.10 bits per heavy atom. The summed E-state index contributed by atoms with van der Waals surface area (Å²) in [5, 5.41) is 12.5. The summed E-state index contributed by atoms with van der Waals surface area (Å²) in [6, 6.07) is 6.21. The van der Waals surface area contributed by atoms with Gasteiger partial charge in [-0.2, -0.15) is 0 Å². The van der Waals surface area contributed by atoms with Crippen LogP contribution in [-0.4, -0.2) is 42.2 Å². The quantitative estimate of drug-likeness (QED) is 0.838. The number of carboxylic acid groups (broad SMARTS) is 1. The molecule has 2 rings (SSSR count). The van der Waals surface area contributed by atoms with Crippen LogP contribution in [0.15, 0.2) is 18.2 Å².